The lowest BCUT2D eigenvalue weighted by Gasteiger charge is -2.07. The second-order valence-electron chi connectivity index (χ2n) is 2.80. The van der Waals surface area contributed by atoms with E-state index in [1.807, 2.05) is 0 Å². The number of ether oxygens (including phenoxy) is 1. The van der Waals surface area contributed by atoms with Gasteiger partial charge in [0.05, 0.1) is 13.7 Å². The molecule has 0 aliphatic rings. The van der Waals surface area contributed by atoms with Crippen LogP contribution in [-0.2, 0) is 6.54 Å². The van der Waals surface area contributed by atoms with Crippen molar-refractivity contribution in [1.29, 1.82) is 0 Å². The first kappa shape index (κ1) is 10.3. The minimum Gasteiger partial charge on any atom is -0.496 e. The fourth-order valence-corrected chi connectivity index (χ4v) is 1.12. The first-order valence-electron chi connectivity index (χ1n) is 4.03. The van der Waals surface area contributed by atoms with Crippen molar-refractivity contribution >= 4 is 0 Å². The van der Waals surface area contributed by atoms with Crippen molar-refractivity contribution in [3.63, 3.8) is 0 Å². The lowest BCUT2D eigenvalue weighted by atomic mass is 10.1. The van der Waals surface area contributed by atoms with Gasteiger partial charge in [-0.15, -0.1) is 0 Å². The topological polar surface area (TPSA) is 58.0 Å². The molecule has 0 amide bonds. The molecule has 0 saturated heterocycles. The van der Waals surface area contributed by atoms with Gasteiger partial charge in [-0.3, -0.25) is 0 Å². The first-order valence-corrected chi connectivity index (χ1v) is 4.03. The van der Waals surface area contributed by atoms with Gasteiger partial charge in [0.25, 0.3) is 0 Å². The quantitative estimate of drug-likeness (QED) is 0.415. The van der Waals surface area contributed by atoms with Crippen LogP contribution in [-0.4, -0.2) is 7.11 Å². The van der Waals surface area contributed by atoms with E-state index in [0.29, 0.717) is 16.9 Å². The maximum atomic E-state index is 13.1. The number of methoxy groups -OCH3 is 1. The molecule has 0 unspecified atom stereocenters. The Morgan fingerprint density at radius 1 is 1.57 bits per heavy atom. The van der Waals surface area contributed by atoms with E-state index in [9.17, 15) is 4.39 Å². The highest BCUT2D eigenvalue weighted by atomic mass is 19.1. The Kier molecular flexibility index (Phi) is 3.31. The number of halogens is 1. The molecule has 0 saturated carbocycles. The minimum absolute atomic E-state index is 0.0941. The summed E-state index contributed by atoms with van der Waals surface area (Å²) in [7, 11) is 1.49. The predicted octanol–water partition coefficient (Wildman–Crippen LogP) is 2.95. The standard InChI is InChI=1S/C9H10FN3O/c1-6-3-9(14-2)7(4-8(6)10)5-12-13-11/h3-4H,5H2,1-2H3. The summed E-state index contributed by atoms with van der Waals surface area (Å²) < 4.78 is 18.2. The van der Waals surface area contributed by atoms with Crippen LogP contribution in [0.4, 0.5) is 4.39 Å². The van der Waals surface area contributed by atoms with Crippen molar-refractivity contribution in [2.45, 2.75) is 13.5 Å². The normalized spacial score (nSPS) is 9.36. The molecular formula is C9H10FN3O. The number of benzene rings is 1. The molecule has 14 heavy (non-hydrogen) atoms. The summed E-state index contributed by atoms with van der Waals surface area (Å²) in [4.78, 5) is 2.61. The van der Waals surface area contributed by atoms with Gasteiger partial charge in [0.2, 0.25) is 0 Å². The SMILES string of the molecule is COc1cc(C)c(F)cc1CN=[N+]=[N-]. The summed E-state index contributed by atoms with van der Waals surface area (Å²) in [5.74, 6) is 0.213. The van der Waals surface area contributed by atoms with E-state index in [-0.39, 0.29) is 12.4 Å². The van der Waals surface area contributed by atoms with Crippen molar-refractivity contribution in [2.24, 2.45) is 5.11 Å². The highest BCUT2D eigenvalue weighted by molar-refractivity contribution is 5.38. The van der Waals surface area contributed by atoms with Crippen LogP contribution < -0.4 is 4.74 Å². The zero-order valence-electron chi connectivity index (χ0n) is 7.99. The van der Waals surface area contributed by atoms with Crippen molar-refractivity contribution in [2.75, 3.05) is 7.11 Å². The Hall–Kier alpha value is -1.74. The summed E-state index contributed by atoms with van der Waals surface area (Å²) in [6.07, 6.45) is 0. The van der Waals surface area contributed by atoms with Crippen LogP contribution in [0.1, 0.15) is 11.1 Å². The summed E-state index contributed by atoms with van der Waals surface area (Å²) in [5, 5.41) is 3.36. The Morgan fingerprint density at radius 2 is 2.29 bits per heavy atom. The van der Waals surface area contributed by atoms with Crippen molar-refractivity contribution in [1.82, 2.24) is 0 Å². The zero-order chi connectivity index (χ0) is 10.6. The van der Waals surface area contributed by atoms with Crippen LogP contribution in [0.15, 0.2) is 17.2 Å². The smallest absolute Gasteiger partial charge is 0.126 e. The Morgan fingerprint density at radius 3 is 2.86 bits per heavy atom. The number of hydrogen-bond acceptors (Lipinski definition) is 2. The van der Waals surface area contributed by atoms with Crippen LogP contribution >= 0.6 is 0 Å². The maximum absolute atomic E-state index is 13.1. The van der Waals surface area contributed by atoms with Gasteiger partial charge in [-0.25, -0.2) is 4.39 Å². The van der Waals surface area contributed by atoms with Crippen LogP contribution in [0, 0.1) is 12.7 Å². The molecule has 0 heterocycles. The number of aryl methyl sites for hydroxylation is 1. The molecule has 74 valence electrons. The Labute approximate surface area is 80.9 Å². The lowest BCUT2D eigenvalue weighted by molar-refractivity contribution is 0.408. The Balaban J connectivity index is 3.12. The van der Waals surface area contributed by atoms with Gasteiger partial charge >= 0.3 is 0 Å². The average Bonchev–Trinajstić information content (AvgIpc) is 2.19. The minimum atomic E-state index is -0.325. The van der Waals surface area contributed by atoms with Crippen molar-refractivity contribution in [3.8, 4) is 5.75 Å². The third-order valence-electron chi connectivity index (χ3n) is 1.87. The van der Waals surface area contributed by atoms with E-state index < -0.39 is 0 Å². The first-order chi connectivity index (χ1) is 6.69. The van der Waals surface area contributed by atoms with E-state index in [1.54, 1.807) is 13.0 Å². The summed E-state index contributed by atoms with van der Waals surface area (Å²) in [6.45, 7) is 1.74. The molecule has 1 rings (SSSR count). The van der Waals surface area contributed by atoms with E-state index in [1.165, 1.54) is 13.2 Å². The number of nitrogens with zero attached hydrogens (tertiary/aromatic N) is 3. The van der Waals surface area contributed by atoms with E-state index in [0.717, 1.165) is 0 Å². The lowest BCUT2D eigenvalue weighted by Crippen LogP contribution is -1.94. The molecule has 0 bridgehead atoms. The second kappa shape index (κ2) is 4.48. The van der Waals surface area contributed by atoms with Crippen molar-refractivity contribution in [3.05, 3.63) is 39.5 Å². The third kappa shape index (κ3) is 2.14. The van der Waals surface area contributed by atoms with Crippen LogP contribution in [0.2, 0.25) is 0 Å². The van der Waals surface area contributed by atoms with Crippen LogP contribution in [0.5, 0.6) is 5.75 Å². The number of azide groups is 1. The number of hydrogen-bond donors (Lipinski definition) is 0. The number of rotatable bonds is 3. The molecule has 4 nitrogen and oxygen atoms in total. The highest BCUT2D eigenvalue weighted by Crippen LogP contribution is 2.23. The highest BCUT2D eigenvalue weighted by Gasteiger charge is 2.06. The molecule has 1 aromatic carbocycles. The molecule has 0 radical (unpaired) electrons. The maximum Gasteiger partial charge on any atom is 0.126 e. The van der Waals surface area contributed by atoms with Gasteiger partial charge in [0.1, 0.15) is 11.6 Å². The van der Waals surface area contributed by atoms with Crippen LogP contribution in [0.25, 0.3) is 10.4 Å². The van der Waals surface area contributed by atoms with E-state index in [2.05, 4.69) is 10.0 Å². The molecule has 1 aromatic rings. The second-order valence-corrected chi connectivity index (χ2v) is 2.80. The van der Waals surface area contributed by atoms with Crippen molar-refractivity contribution < 1.29 is 9.13 Å². The molecule has 0 N–H and O–H groups in total. The van der Waals surface area contributed by atoms with Gasteiger partial charge in [-0.2, -0.15) is 0 Å². The summed E-state index contributed by atoms with van der Waals surface area (Å²) >= 11 is 0. The van der Waals surface area contributed by atoms with E-state index >= 15 is 0 Å². The predicted molar refractivity (Wildman–Crippen MR) is 50.5 cm³/mol. The largest absolute Gasteiger partial charge is 0.496 e. The van der Waals surface area contributed by atoms with Gasteiger partial charge in [-0.05, 0) is 30.2 Å². The molecule has 0 spiro atoms. The third-order valence-corrected chi connectivity index (χ3v) is 1.87. The van der Waals surface area contributed by atoms with Gasteiger partial charge in [0.15, 0.2) is 0 Å². The van der Waals surface area contributed by atoms with E-state index in [4.69, 9.17) is 10.3 Å². The molecule has 0 aliphatic carbocycles. The van der Waals surface area contributed by atoms with Gasteiger partial charge in [0, 0.05) is 10.5 Å². The van der Waals surface area contributed by atoms with Crippen LogP contribution in [0.3, 0.4) is 0 Å². The molecule has 0 aliphatic heterocycles. The molecular weight excluding hydrogens is 185 g/mol. The summed E-state index contributed by atoms with van der Waals surface area (Å²) in [5.41, 5.74) is 9.19. The fourth-order valence-electron chi connectivity index (χ4n) is 1.12. The summed E-state index contributed by atoms with van der Waals surface area (Å²) in [6, 6.07) is 2.90. The monoisotopic (exact) mass is 195 g/mol. The average molecular weight is 195 g/mol. The molecule has 0 atom stereocenters. The Bertz CT molecular complexity index is 386. The van der Waals surface area contributed by atoms with Gasteiger partial charge < -0.3 is 4.74 Å². The molecule has 0 aromatic heterocycles. The molecule has 5 heteroatoms. The fraction of sp³-hybridized carbons (Fsp3) is 0.333. The molecule has 0 fully saturated rings. The van der Waals surface area contributed by atoms with Gasteiger partial charge in [-0.1, -0.05) is 5.11 Å². The zero-order valence-corrected chi connectivity index (χ0v) is 7.99.